The largest absolute Gasteiger partial charge is 0.508 e. The van der Waals surface area contributed by atoms with Crippen molar-refractivity contribution < 1.29 is 14.6 Å². The van der Waals surface area contributed by atoms with Gasteiger partial charge in [0.25, 0.3) is 5.91 Å². The molecule has 0 saturated carbocycles. The van der Waals surface area contributed by atoms with Gasteiger partial charge in [-0.1, -0.05) is 22.9 Å². The van der Waals surface area contributed by atoms with Crippen LogP contribution in [0.2, 0.25) is 0 Å². The van der Waals surface area contributed by atoms with Crippen molar-refractivity contribution in [2.24, 2.45) is 5.10 Å². The number of carbonyl (C=O) groups is 1. The number of hydrogen-bond acceptors (Lipinski definition) is 4. The van der Waals surface area contributed by atoms with E-state index < -0.39 is 0 Å². The molecule has 0 aliphatic rings. The molecule has 0 atom stereocenters. The van der Waals surface area contributed by atoms with Crippen LogP contribution >= 0.6 is 31.9 Å². The van der Waals surface area contributed by atoms with E-state index in [1.165, 1.54) is 0 Å². The first-order valence-corrected chi connectivity index (χ1v) is 8.81. The maximum absolute atomic E-state index is 11.9. The van der Waals surface area contributed by atoms with Crippen LogP contribution in [0, 0.1) is 0 Å². The Labute approximate surface area is 157 Å². The van der Waals surface area contributed by atoms with Crippen LogP contribution in [0.3, 0.4) is 0 Å². The summed E-state index contributed by atoms with van der Waals surface area (Å²) in [6.45, 7) is 1.80. The molecule has 0 heterocycles. The fourth-order valence-corrected chi connectivity index (χ4v) is 3.06. The summed E-state index contributed by atoms with van der Waals surface area (Å²) in [6.07, 6.45) is 0.643. The quantitative estimate of drug-likeness (QED) is 0.505. The molecule has 7 heteroatoms. The predicted molar refractivity (Wildman–Crippen MR) is 100 cm³/mol. The van der Waals surface area contributed by atoms with Crippen LogP contribution in [0.15, 0.2) is 56.5 Å². The maximum atomic E-state index is 11.9. The average molecular weight is 456 g/mol. The van der Waals surface area contributed by atoms with Gasteiger partial charge >= 0.3 is 0 Å². The van der Waals surface area contributed by atoms with E-state index in [4.69, 9.17) is 4.74 Å². The number of aromatic hydroxyl groups is 1. The lowest BCUT2D eigenvalue weighted by Crippen LogP contribution is -2.26. The molecule has 0 aromatic heterocycles. The molecule has 126 valence electrons. The second-order valence-electron chi connectivity index (χ2n) is 4.86. The number of phenols is 1. The third-order valence-corrected chi connectivity index (χ3v) is 4.22. The summed E-state index contributed by atoms with van der Waals surface area (Å²) in [5.74, 6) is 0.410. The second-order valence-corrected chi connectivity index (χ2v) is 6.63. The number of phenolic OH excluding ortho intramolecular Hbond substituents is 1. The van der Waals surface area contributed by atoms with Gasteiger partial charge in [0.05, 0.1) is 10.2 Å². The fraction of sp³-hybridized carbons (Fsp3) is 0.176. The molecule has 5 nitrogen and oxygen atoms in total. The van der Waals surface area contributed by atoms with E-state index in [-0.39, 0.29) is 18.3 Å². The summed E-state index contributed by atoms with van der Waals surface area (Å²) in [7, 11) is 0. The Balaban J connectivity index is 1.94. The number of benzene rings is 2. The molecule has 2 aromatic rings. The van der Waals surface area contributed by atoms with Crippen LogP contribution in [0.25, 0.3) is 0 Å². The Kier molecular flexibility index (Phi) is 6.81. The van der Waals surface area contributed by atoms with Gasteiger partial charge < -0.3 is 9.84 Å². The van der Waals surface area contributed by atoms with Gasteiger partial charge in [0.15, 0.2) is 6.61 Å². The smallest absolute Gasteiger partial charge is 0.277 e. The zero-order valence-corrected chi connectivity index (χ0v) is 16.1. The van der Waals surface area contributed by atoms with E-state index in [1.54, 1.807) is 30.3 Å². The monoisotopic (exact) mass is 454 g/mol. The Morgan fingerprint density at radius 1 is 1.21 bits per heavy atom. The minimum atomic E-state index is -0.352. The van der Waals surface area contributed by atoms with Gasteiger partial charge in [-0.05, 0) is 70.4 Å². The molecule has 0 aliphatic carbocycles. The highest BCUT2D eigenvalue weighted by atomic mass is 79.9. The molecule has 2 aromatic carbocycles. The topological polar surface area (TPSA) is 70.9 Å². The van der Waals surface area contributed by atoms with Crippen molar-refractivity contribution in [2.45, 2.75) is 13.3 Å². The number of hydrazone groups is 1. The van der Waals surface area contributed by atoms with Crippen LogP contribution in [-0.4, -0.2) is 23.3 Å². The number of nitrogens with zero attached hydrogens (tertiary/aromatic N) is 1. The van der Waals surface area contributed by atoms with E-state index in [1.807, 2.05) is 19.1 Å². The normalized spacial score (nSPS) is 11.2. The first-order chi connectivity index (χ1) is 11.5. The average Bonchev–Trinajstić information content (AvgIpc) is 2.56. The maximum Gasteiger partial charge on any atom is 0.277 e. The van der Waals surface area contributed by atoms with Crippen molar-refractivity contribution in [1.29, 1.82) is 0 Å². The lowest BCUT2D eigenvalue weighted by atomic mass is 10.1. The third kappa shape index (κ3) is 5.35. The Morgan fingerprint density at radius 3 is 2.54 bits per heavy atom. The molecular formula is C17H16Br2N2O3. The lowest BCUT2D eigenvalue weighted by Gasteiger charge is -2.08. The van der Waals surface area contributed by atoms with E-state index in [0.29, 0.717) is 17.9 Å². The van der Waals surface area contributed by atoms with Crippen molar-refractivity contribution in [2.75, 3.05) is 6.61 Å². The zero-order chi connectivity index (χ0) is 17.5. The van der Waals surface area contributed by atoms with Gasteiger partial charge in [-0.25, -0.2) is 5.43 Å². The Morgan fingerprint density at radius 2 is 1.92 bits per heavy atom. The molecule has 0 aliphatic heterocycles. The van der Waals surface area contributed by atoms with E-state index in [9.17, 15) is 9.90 Å². The summed E-state index contributed by atoms with van der Waals surface area (Å²) in [4.78, 5) is 11.9. The van der Waals surface area contributed by atoms with Crippen molar-refractivity contribution in [3.63, 3.8) is 0 Å². The van der Waals surface area contributed by atoms with Gasteiger partial charge in [-0.15, -0.1) is 0 Å². The van der Waals surface area contributed by atoms with Crippen molar-refractivity contribution in [1.82, 2.24) is 5.43 Å². The molecule has 2 rings (SSSR count). The fourth-order valence-electron chi connectivity index (χ4n) is 1.90. The first-order valence-electron chi connectivity index (χ1n) is 7.22. The number of nitrogens with one attached hydrogen (secondary N) is 1. The summed E-state index contributed by atoms with van der Waals surface area (Å²) in [5, 5.41) is 13.4. The van der Waals surface area contributed by atoms with Gasteiger partial charge in [-0.3, -0.25) is 4.79 Å². The number of hydrogen-bond donors (Lipinski definition) is 2. The first kappa shape index (κ1) is 18.5. The van der Waals surface area contributed by atoms with Crippen LogP contribution in [0.5, 0.6) is 11.5 Å². The van der Waals surface area contributed by atoms with Gasteiger partial charge in [0, 0.05) is 4.47 Å². The molecule has 0 bridgehead atoms. The van der Waals surface area contributed by atoms with E-state index in [2.05, 4.69) is 42.4 Å². The molecule has 0 unspecified atom stereocenters. The molecule has 0 radical (unpaired) electrons. The summed E-state index contributed by atoms with van der Waals surface area (Å²) in [6, 6.07) is 12.1. The number of amides is 1. The molecule has 24 heavy (non-hydrogen) atoms. The predicted octanol–water partition coefficient (Wildman–Crippen LogP) is 4.23. The van der Waals surface area contributed by atoms with Crippen LogP contribution in [0.4, 0.5) is 0 Å². The molecule has 0 spiro atoms. The van der Waals surface area contributed by atoms with Crippen molar-refractivity contribution in [3.05, 3.63) is 57.0 Å². The van der Waals surface area contributed by atoms with Crippen LogP contribution < -0.4 is 10.2 Å². The van der Waals surface area contributed by atoms with Gasteiger partial charge in [0.1, 0.15) is 11.5 Å². The zero-order valence-electron chi connectivity index (χ0n) is 12.9. The molecular weight excluding hydrogens is 440 g/mol. The third-order valence-electron chi connectivity index (χ3n) is 3.10. The number of carbonyl (C=O) groups excluding carboxylic acids is 1. The number of rotatable bonds is 6. The summed E-state index contributed by atoms with van der Waals surface area (Å²) in [5.41, 5.74) is 4.04. The Bertz CT molecular complexity index is 746. The molecule has 2 N–H and O–H groups in total. The summed E-state index contributed by atoms with van der Waals surface area (Å²) < 4.78 is 7.13. The van der Waals surface area contributed by atoms with Crippen LogP contribution in [0.1, 0.15) is 18.9 Å². The highest BCUT2D eigenvalue weighted by Crippen LogP contribution is 2.28. The summed E-state index contributed by atoms with van der Waals surface area (Å²) >= 11 is 6.73. The van der Waals surface area contributed by atoms with Gasteiger partial charge in [-0.2, -0.15) is 5.10 Å². The second kappa shape index (κ2) is 8.84. The highest BCUT2D eigenvalue weighted by molar-refractivity contribution is 9.11. The standard InChI is InChI=1S/C17H16Br2N2O3/c1-2-15(11-3-6-13(22)7-4-11)20-21-17(23)10-24-16-8-5-12(18)9-14(16)19/h3-9,22H,2,10H2,1H3,(H,21,23)/b20-15+. The number of ether oxygens (including phenoxy) is 1. The van der Waals surface area contributed by atoms with E-state index >= 15 is 0 Å². The highest BCUT2D eigenvalue weighted by Gasteiger charge is 2.07. The van der Waals surface area contributed by atoms with Crippen LogP contribution in [-0.2, 0) is 4.79 Å². The number of halogens is 2. The molecule has 1 amide bonds. The van der Waals surface area contributed by atoms with Crippen molar-refractivity contribution >= 4 is 43.5 Å². The molecule has 0 fully saturated rings. The SMILES string of the molecule is CC/C(=N\NC(=O)COc1ccc(Br)cc1Br)c1ccc(O)cc1. The van der Waals surface area contributed by atoms with Crippen molar-refractivity contribution in [3.8, 4) is 11.5 Å². The lowest BCUT2D eigenvalue weighted by molar-refractivity contribution is -0.123. The van der Waals surface area contributed by atoms with E-state index in [0.717, 1.165) is 14.5 Å². The van der Waals surface area contributed by atoms with Gasteiger partial charge in [0.2, 0.25) is 0 Å². The minimum Gasteiger partial charge on any atom is -0.508 e. The minimum absolute atomic E-state index is 0.143. The Hall–Kier alpha value is -1.86. The molecule has 0 saturated heterocycles.